The molecule has 1 saturated heterocycles. The predicted molar refractivity (Wildman–Crippen MR) is 143 cm³/mol. The van der Waals surface area contributed by atoms with Crippen molar-refractivity contribution in [3.05, 3.63) is 82.9 Å². The fraction of sp³-hybridized carbons (Fsp3) is 0.300. The number of hydrogen-bond donors (Lipinski definition) is 1. The number of anilines is 1. The molecule has 202 valence electrons. The quantitative estimate of drug-likeness (QED) is 0.421. The van der Waals surface area contributed by atoms with Gasteiger partial charge < -0.3 is 15.0 Å². The summed E-state index contributed by atoms with van der Waals surface area (Å²) in [5.41, 5.74) is 3.28. The number of amides is 1. The summed E-state index contributed by atoms with van der Waals surface area (Å²) in [5.74, 6) is -0.998. The van der Waals surface area contributed by atoms with Gasteiger partial charge in [0, 0.05) is 36.8 Å². The fourth-order valence-electron chi connectivity index (χ4n) is 4.94. The molecule has 39 heavy (non-hydrogen) atoms. The molecule has 0 atom stereocenters. The molecule has 1 fully saturated rings. The third-order valence-electron chi connectivity index (χ3n) is 7.06. The summed E-state index contributed by atoms with van der Waals surface area (Å²) >= 11 is 0. The number of carbonyl (C=O) groups is 2. The van der Waals surface area contributed by atoms with Crippen molar-refractivity contribution in [3.8, 4) is 16.9 Å². The molecule has 0 aromatic heterocycles. The van der Waals surface area contributed by atoms with Crippen molar-refractivity contribution < 1.29 is 27.5 Å². The Labute approximate surface area is 224 Å². The summed E-state index contributed by atoms with van der Waals surface area (Å²) in [6.07, 6.45) is -3.69. The van der Waals surface area contributed by atoms with E-state index in [0.29, 0.717) is 30.8 Å². The number of hydrogen-bond acceptors (Lipinski definition) is 5. The number of halogens is 3. The van der Waals surface area contributed by atoms with E-state index in [9.17, 15) is 22.8 Å². The molecule has 1 N–H and O–H groups in total. The Balaban J connectivity index is 1.33. The standard InChI is InChI=1S/C30H28F3N3O3/c1-18(37)28-25-8-6-20(14-22(25)17-34-28)19-4-3-5-23(15-19)35-29(38)21-7-9-27(26(16-21)30(31,32)33)39-24-10-12-36(2)13-11-24/h3-9,14-16,24H,10-13,17H2,1-2H3,(H,35,38). The maximum Gasteiger partial charge on any atom is 0.419 e. The minimum Gasteiger partial charge on any atom is -0.490 e. The first-order chi connectivity index (χ1) is 18.6. The zero-order chi connectivity index (χ0) is 27.7. The number of likely N-dealkylation sites (tertiary alicyclic amines) is 1. The molecule has 1 amide bonds. The zero-order valence-electron chi connectivity index (χ0n) is 21.6. The molecule has 2 aliphatic heterocycles. The van der Waals surface area contributed by atoms with Crippen molar-refractivity contribution in [1.82, 2.24) is 4.90 Å². The first kappa shape index (κ1) is 26.6. The Morgan fingerprint density at radius 2 is 1.74 bits per heavy atom. The van der Waals surface area contributed by atoms with E-state index in [1.807, 2.05) is 31.3 Å². The van der Waals surface area contributed by atoms with Crippen molar-refractivity contribution >= 4 is 23.1 Å². The van der Waals surface area contributed by atoms with Crippen LogP contribution in [0.1, 0.15) is 46.8 Å². The molecule has 9 heteroatoms. The summed E-state index contributed by atoms with van der Waals surface area (Å²) in [7, 11) is 1.96. The lowest BCUT2D eigenvalue weighted by atomic mass is 9.97. The largest absolute Gasteiger partial charge is 0.490 e. The second-order valence-electron chi connectivity index (χ2n) is 9.96. The number of aliphatic imine (C=N–C) groups is 1. The lowest BCUT2D eigenvalue weighted by Gasteiger charge is -2.30. The normalized spacial score (nSPS) is 16.0. The summed E-state index contributed by atoms with van der Waals surface area (Å²) < 4.78 is 47.4. The van der Waals surface area contributed by atoms with Crippen LogP contribution < -0.4 is 10.1 Å². The Morgan fingerprint density at radius 3 is 2.46 bits per heavy atom. The van der Waals surface area contributed by atoms with Gasteiger partial charge in [0.05, 0.1) is 12.1 Å². The van der Waals surface area contributed by atoms with Crippen molar-refractivity contribution in [2.24, 2.45) is 4.99 Å². The highest BCUT2D eigenvalue weighted by Crippen LogP contribution is 2.38. The van der Waals surface area contributed by atoms with E-state index < -0.39 is 17.6 Å². The number of benzene rings is 3. The molecule has 0 spiro atoms. The highest BCUT2D eigenvalue weighted by Gasteiger charge is 2.36. The van der Waals surface area contributed by atoms with Crippen molar-refractivity contribution in [1.29, 1.82) is 0 Å². The highest BCUT2D eigenvalue weighted by molar-refractivity contribution is 6.46. The Morgan fingerprint density at radius 1 is 1.00 bits per heavy atom. The van der Waals surface area contributed by atoms with Crippen LogP contribution in [-0.2, 0) is 17.5 Å². The van der Waals surface area contributed by atoms with Crippen molar-refractivity contribution in [2.45, 2.75) is 38.6 Å². The first-order valence-corrected chi connectivity index (χ1v) is 12.8. The summed E-state index contributed by atoms with van der Waals surface area (Å²) in [6, 6.07) is 16.2. The van der Waals surface area contributed by atoms with Gasteiger partial charge in [0.2, 0.25) is 0 Å². The van der Waals surface area contributed by atoms with Gasteiger partial charge in [-0.1, -0.05) is 24.3 Å². The van der Waals surface area contributed by atoms with Crippen LogP contribution in [0.15, 0.2) is 65.7 Å². The molecule has 0 bridgehead atoms. The number of piperidine rings is 1. The van der Waals surface area contributed by atoms with Crippen molar-refractivity contribution in [2.75, 3.05) is 25.5 Å². The molecule has 0 unspecified atom stereocenters. The van der Waals surface area contributed by atoms with E-state index in [2.05, 4.69) is 15.2 Å². The monoisotopic (exact) mass is 535 g/mol. The van der Waals surface area contributed by atoms with Gasteiger partial charge in [-0.15, -0.1) is 0 Å². The van der Waals surface area contributed by atoms with Gasteiger partial charge in [0.25, 0.3) is 5.91 Å². The third-order valence-corrected chi connectivity index (χ3v) is 7.06. The van der Waals surface area contributed by atoms with Gasteiger partial charge in [-0.2, -0.15) is 13.2 Å². The predicted octanol–water partition coefficient (Wildman–Crippen LogP) is 5.99. The average molecular weight is 536 g/mol. The van der Waals surface area contributed by atoms with Gasteiger partial charge in [0.15, 0.2) is 5.78 Å². The Hall–Kier alpha value is -3.98. The lowest BCUT2D eigenvalue weighted by molar-refractivity contribution is -0.139. The maximum atomic E-state index is 13.9. The van der Waals surface area contributed by atoms with E-state index in [1.54, 1.807) is 18.2 Å². The summed E-state index contributed by atoms with van der Waals surface area (Å²) in [5, 5.41) is 2.71. The minimum atomic E-state index is -4.67. The first-order valence-electron chi connectivity index (χ1n) is 12.8. The molecule has 0 radical (unpaired) electrons. The lowest BCUT2D eigenvalue weighted by Crippen LogP contribution is -2.36. The van der Waals surface area contributed by atoms with Gasteiger partial charge in [-0.05, 0) is 73.0 Å². The molecular weight excluding hydrogens is 507 g/mol. The number of ether oxygens (including phenoxy) is 1. The molecule has 6 nitrogen and oxygen atoms in total. The van der Waals surface area contributed by atoms with Gasteiger partial charge >= 0.3 is 6.18 Å². The number of carbonyl (C=O) groups excluding carboxylic acids is 2. The van der Waals surface area contributed by atoms with Crippen molar-refractivity contribution in [3.63, 3.8) is 0 Å². The van der Waals surface area contributed by atoms with Crippen LogP contribution in [0.5, 0.6) is 5.75 Å². The molecule has 3 aromatic rings. The number of ketones is 1. The van der Waals surface area contributed by atoms with Crippen LogP contribution in [0.25, 0.3) is 11.1 Å². The Kier molecular flexibility index (Phi) is 7.27. The van der Waals surface area contributed by atoms with E-state index in [-0.39, 0.29) is 23.2 Å². The van der Waals surface area contributed by atoms with Gasteiger partial charge in [-0.3, -0.25) is 14.6 Å². The molecule has 0 saturated carbocycles. The molecule has 5 rings (SSSR count). The van der Waals surface area contributed by atoms with Crippen LogP contribution in [0, 0.1) is 0 Å². The smallest absolute Gasteiger partial charge is 0.419 e. The number of rotatable bonds is 6. The van der Waals surface area contributed by atoms with Crippen LogP contribution in [0.2, 0.25) is 0 Å². The topological polar surface area (TPSA) is 71.0 Å². The highest BCUT2D eigenvalue weighted by atomic mass is 19.4. The summed E-state index contributed by atoms with van der Waals surface area (Å²) in [6.45, 7) is 3.42. The van der Waals surface area contributed by atoms with Gasteiger partial charge in [-0.25, -0.2) is 0 Å². The fourth-order valence-corrected chi connectivity index (χ4v) is 4.94. The number of nitrogens with one attached hydrogen (secondary N) is 1. The Bertz CT molecular complexity index is 1460. The number of Topliss-reactive ketones (excluding diaryl/α,β-unsaturated/α-hetero) is 1. The number of fused-ring (bicyclic) bond motifs is 1. The van der Waals surface area contributed by atoms with E-state index in [4.69, 9.17) is 4.74 Å². The summed E-state index contributed by atoms with van der Waals surface area (Å²) in [4.78, 5) is 31.2. The molecule has 2 heterocycles. The molecule has 0 aliphatic carbocycles. The molecular formula is C30H28F3N3O3. The minimum absolute atomic E-state index is 0.0821. The van der Waals surface area contributed by atoms with Gasteiger partial charge in [0.1, 0.15) is 17.6 Å². The average Bonchev–Trinajstić information content (AvgIpc) is 3.33. The van der Waals surface area contributed by atoms with E-state index in [1.165, 1.54) is 19.1 Å². The van der Waals surface area contributed by atoms with Crippen LogP contribution in [0.4, 0.5) is 18.9 Å². The number of alkyl halides is 3. The third kappa shape index (κ3) is 5.88. The number of nitrogens with zero attached hydrogens (tertiary/aromatic N) is 2. The van der Waals surface area contributed by atoms with E-state index in [0.717, 1.165) is 41.4 Å². The van der Waals surface area contributed by atoms with Crippen LogP contribution in [0.3, 0.4) is 0 Å². The SMILES string of the molecule is CC(=O)C1=NCc2cc(-c3cccc(NC(=O)c4ccc(OC5CCN(C)CC5)c(C(F)(F)F)c4)c3)ccc21. The van der Waals surface area contributed by atoms with E-state index >= 15 is 0 Å². The second-order valence-corrected chi connectivity index (χ2v) is 9.96. The van der Waals surface area contributed by atoms with Crippen LogP contribution in [-0.4, -0.2) is 48.5 Å². The zero-order valence-corrected chi connectivity index (χ0v) is 21.6. The molecule has 3 aromatic carbocycles. The van der Waals surface area contributed by atoms with Crippen LogP contribution >= 0.6 is 0 Å². The maximum absolute atomic E-state index is 13.9. The molecule has 2 aliphatic rings. The second kappa shape index (κ2) is 10.6.